The van der Waals surface area contributed by atoms with Crippen molar-refractivity contribution in [3.8, 4) is 0 Å². The molecule has 0 aromatic carbocycles. The van der Waals surface area contributed by atoms with E-state index in [0.29, 0.717) is 12.8 Å². The first-order chi connectivity index (χ1) is 8.82. The molecule has 0 heterocycles. The molecule has 3 N–H and O–H groups in total. The summed E-state index contributed by atoms with van der Waals surface area (Å²) in [5, 5.41) is 21.1. The lowest BCUT2D eigenvalue weighted by Crippen LogP contribution is -2.60. The molecule has 0 radical (unpaired) electrons. The minimum atomic E-state index is -1.17. The van der Waals surface area contributed by atoms with E-state index in [1.54, 1.807) is 14.0 Å². The third-order valence-corrected chi connectivity index (χ3v) is 4.00. The maximum absolute atomic E-state index is 12.1. The van der Waals surface area contributed by atoms with Crippen LogP contribution in [0.25, 0.3) is 0 Å². The van der Waals surface area contributed by atoms with E-state index in [1.807, 2.05) is 6.92 Å². The van der Waals surface area contributed by atoms with Gasteiger partial charge < -0.3 is 20.4 Å². The summed E-state index contributed by atoms with van der Waals surface area (Å²) in [6, 6.07) is -0.787. The molecule has 0 spiro atoms. The normalized spacial score (nSPS) is 28.5. The van der Waals surface area contributed by atoms with Crippen molar-refractivity contribution < 1.29 is 19.8 Å². The summed E-state index contributed by atoms with van der Waals surface area (Å²) < 4.78 is 0. The van der Waals surface area contributed by atoms with Crippen molar-refractivity contribution in [2.75, 3.05) is 13.7 Å². The third-order valence-electron chi connectivity index (χ3n) is 4.00. The summed E-state index contributed by atoms with van der Waals surface area (Å²) in [7, 11) is 1.55. The van der Waals surface area contributed by atoms with Crippen LogP contribution in [0.5, 0.6) is 0 Å². The van der Waals surface area contributed by atoms with Crippen LogP contribution in [0.4, 0.5) is 4.79 Å². The molecule has 1 saturated carbocycles. The fraction of sp³-hybridized carbons (Fsp3) is 0.846. The van der Waals surface area contributed by atoms with E-state index >= 15 is 0 Å². The molecule has 2 amide bonds. The summed E-state index contributed by atoms with van der Waals surface area (Å²) in [5.41, 5.74) is -1.17. The third kappa shape index (κ3) is 3.59. The molecular formula is C13H24N2O4. The second-order valence-electron chi connectivity index (χ2n) is 5.66. The Kier molecular flexibility index (Phi) is 5.17. The molecule has 1 aliphatic rings. The molecule has 0 saturated heterocycles. The van der Waals surface area contributed by atoms with E-state index in [1.165, 1.54) is 4.90 Å². The second kappa shape index (κ2) is 6.23. The first kappa shape index (κ1) is 15.8. The lowest BCUT2D eigenvalue weighted by Gasteiger charge is -2.38. The number of hydrogen-bond acceptors (Lipinski definition) is 3. The van der Waals surface area contributed by atoms with Gasteiger partial charge in [-0.1, -0.05) is 19.8 Å². The molecule has 1 fully saturated rings. The monoisotopic (exact) mass is 272 g/mol. The van der Waals surface area contributed by atoms with Crippen LogP contribution in [0.3, 0.4) is 0 Å². The molecule has 3 unspecified atom stereocenters. The molecule has 0 bridgehead atoms. The van der Waals surface area contributed by atoms with Gasteiger partial charge in [0.1, 0.15) is 5.54 Å². The first-order valence-corrected chi connectivity index (χ1v) is 6.71. The van der Waals surface area contributed by atoms with Gasteiger partial charge in [0, 0.05) is 7.05 Å². The predicted octanol–water partition coefficient (Wildman–Crippen LogP) is 1.04. The highest BCUT2D eigenvalue weighted by molar-refractivity contribution is 5.86. The average Bonchev–Trinajstić information content (AvgIpc) is 2.36. The van der Waals surface area contributed by atoms with E-state index in [0.717, 1.165) is 12.8 Å². The summed E-state index contributed by atoms with van der Waals surface area (Å²) in [5.74, 6) is -0.692. The van der Waals surface area contributed by atoms with Gasteiger partial charge in [-0.3, -0.25) is 0 Å². The minimum absolute atomic E-state index is 0.152. The summed E-state index contributed by atoms with van der Waals surface area (Å²) in [6.45, 7) is 3.56. The zero-order valence-electron chi connectivity index (χ0n) is 11.8. The van der Waals surface area contributed by atoms with Gasteiger partial charge >= 0.3 is 12.0 Å². The number of hydrogen-bond donors (Lipinski definition) is 3. The molecule has 6 nitrogen and oxygen atoms in total. The largest absolute Gasteiger partial charge is 0.480 e. The summed E-state index contributed by atoms with van der Waals surface area (Å²) in [6.07, 6.45) is 2.70. The number of carboxylic acids is 1. The van der Waals surface area contributed by atoms with Crippen LogP contribution in [0, 0.1) is 5.92 Å². The SMILES string of the molecule is CC1CCCC(NC(=O)N(C)C(C)CO)(C(=O)O)C1. The Morgan fingerprint density at radius 2 is 2.16 bits per heavy atom. The van der Waals surface area contributed by atoms with E-state index in [-0.39, 0.29) is 18.6 Å². The van der Waals surface area contributed by atoms with Crippen molar-refractivity contribution in [3.63, 3.8) is 0 Å². The molecule has 1 rings (SSSR count). The van der Waals surface area contributed by atoms with Crippen molar-refractivity contribution >= 4 is 12.0 Å². The number of nitrogens with zero attached hydrogens (tertiary/aromatic N) is 1. The number of carbonyl (C=O) groups is 2. The minimum Gasteiger partial charge on any atom is -0.480 e. The number of carbonyl (C=O) groups excluding carboxylic acids is 1. The first-order valence-electron chi connectivity index (χ1n) is 6.71. The van der Waals surface area contributed by atoms with Crippen LogP contribution >= 0.6 is 0 Å². The van der Waals surface area contributed by atoms with Crippen LogP contribution in [0.1, 0.15) is 39.5 Å². The molecule has 3 atom stereocenters. The van der Waals surface area contributed by atoms with Crippen molar-refractivity contribution in [1.82, 2.24) is 10.2 Å². The van der Waals surface area contributed by atoms with E-state index in [2.05, 4.69) is 5.32 Å². The molecule has 19 heavy (non-hydrogen) atoms. The number of likely N-dealkylation sites (N-methyl/N-ethyl adjacent to an activating group) is 1. The maximum atomic E-state index is 12.1. The molecule has 0 aliphatic heterocycles. The Morgan fingerprint density at radius 1 is 1.53 bits per heavy atom. The number of aliphatic carboxylic acids is 1. The van der Waals surface area contributed by atoms with Gasteiger partial charge in [0.05, 0.1) is 12.6 Å². The zero-order chi connectivity index (χ0) is 14.6. The zero-order valence-corrected chi connectivity index (χ0v) is 11.8. The van der Waals surface area contributed by atoms with Crippen LogP contribution in [0.15, 0.2) is 0 Å². The predicted molar refractivity (Wildman–Crippen MR) is 70.8 cm³/mol. The fourth-order valence-corrected chi connectivity index (χ4v) is 2.53. The highest BCUT2D eigenvalue weighted by Crippen LogP contribution is 2.32. The van der Waals surface area contributed by atoms with Crippen LogP contribution < -0.4 is 5.32 Å². The molecule has 0 aromatic heterocycles. The fourth-order valence-electron chi connectivity index (χ4n) is 2.53. The van der Waals surface area contributed by atoms with Gasteiger partial charge in [0.15, 0.2) is 0 Å². The topological polar surface area (TPSA) is 89.9 Å². The van der Waals surface area contributed by atoms with Gasteiger partial charge in [-0.15, -0.1) is 0 Å². The lowest BCUT2D eigenvalue weighted by atomic mass is 9.76. The van der Waals surface area contributed by atoms with Crippen molar-refractivity contribution in [2.24, 2.45) is 5.92 Å². The van der Waals surface area contributed by atoms with E-state index in [4.69, 9.17) is 5.11 Å². The van der Waals surface area contributed by atoms with Gasteiger partial charge in [0.2, 0.25) is 0 Å². The van der Waals surface area contributed by atoms with Crippen LogP contribution in [0.2, 0.25) is 0 Å². The van der Waals surface area contributed by atoms with E-state index < -0.39 is 17.5 Å². The van der Waals surface area contributed by atoms with Crippen LogP contribution in [-0.2, 0) is 4.79 Å². The van der Waals surface area contributed by atoms with Gasteiger partial charge in [-0.05, 0) is 25.7 Å². The van der Waals surface area contributed by atoms with Crippen LogP contribution in [-0.4, -0.2) is 52.3 Å². The molecule has 0 aromatic rings. The number of rotatable bonds is 4. The number of amides is 2. The molecule has 1 aliphatic carbocycles. The number of urea groups is 1. The summed E-state index contributed by atoms with van der Waals surface area (Å²) in [4.78, 5) is 24.9. The molecule has 110 valence electrons. The maximum Gasteiger partial charge on any atom is 0.329 e. The number of carboxylic acid groups (broad SMARTS) is 1. The average molecular weight is 272 g/mol. The number of aliphatic hydroxyl groups is 1. The molecular weight excluding hydrogens is 248 g/mol. The Labute approximate surface area is 113 Å². The quantitative estimate of drug-likeness (QED) is 0.713. The van der Waals surface area contributed by atoms with Gasteiger partial charge in [-0.25, -0.2) is 9.59 Å². The highest BCUT2D eigenvalue weighted by atomic mass is 16.4. The van der Waals surface area contributed by atoms with Crippen molar-refractivity contribution in [3.05, 3.63) is 0 Å². The smallest absolute Gasteiger partial charge is 0.329 e. The summed E-state index contributed by atoms with van der Waals surface area (Å²) >= 11 is 0. The molecule has 6 heteroatoms. The Morgan fingerprint density at radius 3 is 2.63 bits per heavy atom. The number of nitrogens with one attached hydrogen (secondary N) is 1. The standard InChI is InChI=1S/C13H24N2O4/c1-9-5-4-6-13(7-9,11(17)18)14-12(19)15(3)10(2)8-16/h9-10,16H,4-8H2,1-3H3,(H,14,19)(H,17,18). The van der Waals surface area contributed by atoms with Gasteiger partial charge in [0.25, 0.3) is 0 Å². The Bertz CT molecular complexity index is 348. The Balaban J connectivity index is 2.79. The van der Waals surface area contributed by atoms with Crippen molar-refractivity contribution in [1.29, 1.82) is 0 Å². The second-order valence-corrected chi connectivity index (χ2v) is 5.66. The number of aliphatic hydroxyl groups excluding tert-OH is 1. The van der Waals surface area contributed by atoms with Gasteiger partial charge in [-0.2, -0.15) is 0 Å². The van der Waals surface area contributed by atoms with E-state index in [9.17, 15) is 14.7 Å². The highest BCUT2D eigenvalue weighted by Gasteiger charge is 2.43. The lowest BCUT2D eigenvalue weighted by molar-refractivity contribution is -0.146. The Hall–Kier alpha value is -1.30. The van der Waals surface area contributed by atoms with Crippen molar-refractivity contribution in [2.45, 2.75) is 51.1 Å².